The van der Waals surface area contributed by atoms with Gasteiger partial charge in [0.15, 0.2) is 5.17 Å². The Morgan fingerprint density at radius 1 is 1.39 bits per heavy atom. The molecule has 2 heterocycles. The maximum absolute atomic E-state index is 4.75. The number of hydrogen-bond acceptors (Lipinski definition) is 3. The van der Waals surface area contributed by atoms with E-state index in [1.807, 2.05) is 11.8 Å². The quantitative estimate of drug-likeness (QED) is 0.853. The Morgan fingerprint density at radius 3 is 2.78 bits per heavy atom. The SMILES string of the molecule is CN1CCC(CCN=C2NC(C)(C)CCS2)CC1. The Kier molecular flexibility index (Phi) is 4.96. The molecule has 0 aromatic heterocycles. The molecule has 2 rings (SSSR count). The lowest BCUT2D eigenvalue weighted by Gasteiger charge is -2.32. The van der Waals surface area contributed by atoms with Crippen molar-refractivity contribution in [3.8, 4) is 0 Å². The number of piperidine rings is 1. The fourth-order valence-corrected chi connectivity index (χ4v) is 3.91. The maximum Gasteiger partial charge on any atom is 0.156 e. The van der Waals surface area contributed by atoms with Gasteiger partial charge in [-0.2, -0.15) is 0 Å². The minimum Gasteiger partial charge on any atom is -0.360 e. The third-order valence-electron chi connectivity index (χ3n) is 4.04. The van der Waals surface area contributed by atoms with Crippen molar-refractivity contribution in [2.75, 3.05) is 32.4 Å². The number of thioether (sulfide) groups is 1. The van der Waals surface area contributed by atoms with Crippen LogP contribution in [0, 0.1) is 5.92 Å². The molecule has 0 atom stereocenters. The first-order valence-corrected chi connectivity index (χ1v) is 8.18. The lowest BCUT2D eigenvalue weighted by molar-refractivity contribution is 0.214. The predicted octanol–water partition coefficient (Wildman–Crippen LogP) is 2.58. The molecular weight excluding hydrogens is 242 g/mol. The largest absolute Gasteiger partial charge is 0.360 e. The van der Waals surface area contributed by atoms with Gasteiger partial charge in [0.05, 0.1) is 0 Å². The Morgan fingerprint density at radius 2 is 2.11 bits per heavy atom. The van der Waals surface area contributed by atoms with Crippen LogP contribution in [0.5, 0.6) is 0 Å². The van der Waals surface area contributed by atoms with Crippen molar-refractivity contribution in [1.82, 2.24) is 10.2 Å². The normalized spacial score (nSPS) is 28.3. The first kappa shape index (κ1) is 14.2. The van der Waals surface area contributed by atoms with Crippen molar-refractivity contribution in [2.45, 2.75) is 45.1 Å². The molecule has 0 bridgehead atoms. The topological polar surface area (TPSA) is 27.6 Å². The Bertz CT molecular complexity index is 293. The molecule has 2 saturated heterocycles. The number of rotatable bonds is 3. The molecule has 18 heavy (non-hydrogen) atoms. The Labute approximate surface area is 116 Å². The van der Waals surface area contributed by atoms with E-state index in [1.165, 1.54) is 49.7 Å². The lowest BCUT2D eigenvalue weighted by Crippen LogP contribution is -2.46. The van der Waals surface area contributed by atoms with Gasteiger partial charge in [0.1, 0.15) is 0 Å². The molecule has 2 aliphatic heterocycles. The number of likely N-dealkylation sites (tertiary alicyclic amines) is 1. The second-order valence-electron chi connectivity index (χ2n) is 6.33. The van der Waals surface area contributed by atoms with E-state index in [9.17, 15) is 0 Å². The highest BCUT2D eigenvalue weighted by atomic mass is 32.2. The molecule has 0 unspecified atom stereocenters. The fourth-order valence-electron chi connectivity index (χ4n) is 2.58. The summed E-state index contributed by atoms with van der Waals surface area (Å²) in [5.74, 6) is 2.10. The molecule has 0 aliphatic carbocycles. The van der Waals surface area contributed by atoms with Crippen molar-refractivity contribution in [3.63, 3.8) is 0 Å². The second-order valence-corrected chi connectivity index (χ2v) is 7.41. The highest BCUT2D eigenvalue weighted by molar-refractivity contribution is 8.13. The van der Waals surface area contributed by atoms with Crippen LogP contribution in [-0.2, 0) is 0 Å². The number of aliphatic imine (C=N–C) groups is 1. The van der Waals surface area contributed by atoms with E-state index in [0.717, 1.165) is 12.5 Å². The number of nitrogens with one attached hydrogen (secondary N) is 1. The van der Waals surface area contributed by atoms with Gasteiger partial charge in [-0.1, -0.05) is 11.8 Å². The highest BCUT2D eigenvalue weighted by Crippen LogP contribution is 2.23. The van der Waals surface area contributed by atoms with Gasteiger partial charge in [-0.15, -0.1) is 0 Å². The van der Waals surface area contributed by atoms with Crippen LogP contribution in [0.4, 0.5) is 0 Å². The molecule has 2 fully saturated rings. The molecule has 0 saturated carbocycles. The van der Waals surface area contributed by atoms with E-state index in [0.29, 0.717) is 0 Å². The molecule has 1 N–H and O–H groups in total. The minimum atomic E-state index is 0.234. The molecule has 0 radical (unpaired) electrons. The molecule has 0 aromatic carbocycles. The van der Waals surface area contributed by atoms with E-state index >= 15 is 0 Å². The predicted molar refractivity (Wildman–Crippen MR) is 81.4 cm³/mol. The van der Waals surface area contributed by atoms with Crippen molar-refractivity contribution in [1.29, 1.82) is 0 Å². The van der Waals surface area contributed by atoms with E-state index in [4.69, 9.17) is 4.99 Å². The smallest absolute Gasteiger partial charge is 0.156 e. The summed E-state index contributed by atoms with van der Waals surface area (Å²) in [7, 11) is 2.22. The molecule has 0 amide bonds. The van der Waals surface area contributed by atoms with Crippen LogP contribution in [0.25, 0.3) is 0 Å². The number of amidine groups is 1. The molecule has 0 aromatic rings. The standard InChI is InChI=1S/C14H27N3S/c1-14(2)7-11-18-13(16-14)15-8-4-12-5-9-17(3)10-6-12/h12H,4-11H2,1-3H3,(H,15,16). The number of hydrogen-bond donors (Lipinski definition) is 1. The van der Waals surface area contributed by atoms with Crippen molar-refractivity contribution >= 4 is 16.9 Å². The van der Waals surface area contributed by atoms with Gasteiger partial charge in [0.25, 0.3) is 0 Å². The summed E-state index contributed by atoms with van der Waals surface area (Å²) < 4.78 is 0. The van der Waals surface area contributed by atoms with Gasteiger partial charge in [-0.25, -0.2) is 0 Å². The second kappa shape index (κ2) is 6.29. The summed E-state index contributed by atoms with van der Waals surface area (Å²) in [5, 5.41) is 4.71. The van der Waals surface area contributed by atoms with Crippen molar-refractivity contribution in [2.24, 2.45) is 10.9 Å². The molecule has 104 valence electrons. The summed E-state index contributed by atoms with van der Waals surface area (Å²) in [5.41, 5.74) is 0.234. The zero-order valence-electron chi connectivity index (χ0n) is 12.0. The first-order chi connectivity index (χ1) is 8.55. The van der Waals surface area contributed by atoms with Crippen molar-refractivity contribution in [3.05, 3.63) is 0 Å². The molecule has 3 nitrogen and oxygen atoms in total. The van der Waals surface area contributed by atoms with Gasteiger partial charge < -0.3 is 10.2 Å². The van der Waals surface area contributed by atoms with Crippen LogP contribution in [0.2, 0.25) is 0 Å². The van der Waals surface area contributed by atoms with Crippen LogP contribution in [0.1, 0.15) is 39.5 Å². The van der Waals surface area contributed by atoms with Gasteiger partial charge >= 0.3 is 0 Å². The Hall–Kier alpha value is -0.220. The van der Waals surface area contributed by atoms with Crippen LogP contribution >= 0.6 is 11.8 Å². The average molecular weight is 269 g/mol. The maximum atomic E-state index is 4.75. The fraction of sp³-hybridized carbons (Fsp3) is 0.929. The van der Waals surface area contributed by atoms with Crippen molar-refractivity contribution < 1.29 is 0 Å². The Balaban J connectivity index is 1.71. The molecule has 2 aliphatic rings. The minimum absolute atomic E-state index is 0.234. The molecule has 0 spiro atoms. The van der Waals surface area contributed by atoms with Crippen LogP contribution in [0.3, 0.4) is 0 Å². The third-order valence-corrected chi connectivity index (χ3v) is 4.95. The van der Waals surface area contributed by atoms with Crippen LogP contribution in [0.15, 0.2) is 4.99 Å². The lowest BCUT2D eigenvalue weighted by atomic mass is 9.94. The van der Waals surface area contributed by atoms with E-state index < -0.39 is 0 Å². The van der Waals surface area contributed by atoms with Crippen LogP contribution in [-0.4, -0.2) is 48.0 Å². The molecule has 4 heteroatoms. The van der Waals surface area contributed by atoms with Gasteiger partial charge in [0, 0.05) is 17.8 Å². The summed E-state index contributed by atoms with van der Waals surface area (Å²) in [6, 6.07) is 0. The van der Waals surface area contributed by atoms with Crippen LogP contribution < -0.4 is 5.32 Å². The average Bonchev–Trinajstić information content (AvgIpc) is 2.30. The summed E-state index contributed by atoms with van der Waals surface area (Å²) in [6.07, 6.45) is 5.20. The van der Waals surface area contributed by atoms with E-state index in [2.05, 4.69) is 31.1 Å². The third kappa shape index (κ3) is 4.47. The monoisotopic (exact) mass is 269 g/mol. The highest BCUT2D eigenvalue weighted by Gasteiger charge is 2.24. The number of nitrogens with zero attached hydrogens (tertiary/aromatic N) is 2. The molecular formula is C14H27N3S. The van der Waals surface area contributed by atoms with Gasteiger partial charge in [-0.05, 0) is 65.6 Å². The summed E-state index contributed by atoms with van der Waals surface area (Å²) in [6.45, 7) is 8.06. The van der Waals surface area contributed by atoms with E-state index in [-0.39, 0.29) is 5.54 Å². The van der Waals surface area contributed by atoms with Gasteiger partial charge in [-0.3, -0.25) is 4.99 Å². The van der Waals surface area contributed by atoms with E-state index in [1.54, 1.807) is 0 Å². The first-order valence-electron chi connectivity index (χ1n) is 7.19. The zero-order valence-corrected chi connectivity index (χ0v) is 12.9. The summed E-state index contributed by atoms with van der Waals surface area (Å²) in [4.78, 5) is 7.18. The van der Waals surface area contributed by atoms with Gasteiger partial charge in [0.2, 0.25) is 0 Å². The zero-order chi connectivity index (χ0) is 13.0. The summed E-state index contributed by atoms with van der Waals surface area (Å²) >= 11 is 1.88.